The van der Waals surface area contributed by atoms with Crippen LogP contribution < -0.4 is 5.32 Å². The van der Waals surface area contributed by atoms with Crippen molar-refractivity contribution in [3.8, 4) is 0 Å². The number of amides is 1. The molecule has 1 heterocycles. The lowest BCUT2D eigenvalue weighted by Gasteiger charge is -2.24. The first-order valence-corrected chi connectivity index (χ1v) is 9.71. The van der Waals surface area contributed by atoms with E-state index in [4.69, 9.17) is 4.74 Å². The molecular weight excluding hydrogens is 336 g/mol. The summed E-state index contributed by atoms with van der Waals surface area (Å²) in [7, 11) is 0. The molecular formula is C23H30N2O2. The monoisotopic (exact) mass is 366 g/mol. The minimum absolute atomic E-state index is 0.134. The number of alkyl carbamates (subject to hydrolysis) is 1. The second-order valence-corrected chi connectivity index (χ2v) is 8.33. The fourth-order valence-electron chi connectivity index (χ4n) is 3.58. The molecule has 2 aromatic carbocycles. The van der Waals surface area contributed by atoms with E-state index >= 15 is 0 Å². The molecule has 0 bridgehead atoms. The van der Waals surface area contributed by atoms with E-state index in [1.807, 2.05) is 45.0 Å². The molecule has 4 nitrogen and oxygen atoms in total. The largest absolute Gasteiger partial charge is 0.444 e. The highest BCUT2D eigenvalue weighted by Crippen LogP contribution is 2.30. The van der Waals surface area contributed by atoms with Crippen LogP contribution in [0.2, 0.25) is 0 Å². The zero-order valence-corrected chi connectivity index (χ0v) is 16.5. The third kappa shape index (κ3) is 5.83. The van der Waals surface area contributed by atoms with Crippen molar-refractivity contribution in [2.75, 3.05) is 19.6 Å². The Bertz CT molecular complexity index is 725. The summed E-state index contributed by atoms with van der Waals surface area (Å²) in [4.78, 5) is 14.7. The molecule has 0 spiro atoms. The van der Waals surface area contributed by atoms with Gasteiger partial charge in [0.2, 0.25) is 0 Å². The molecule has 2 aromatic rings. The fraction of sp³-hybridized carbons (Fsp3) is 0.435. The predicted octanol–water partition coefficient (Wildman–Crippen LogP) is 4.22. The van der Waals surface area contributed by atoms with Gasteiger partial charge in [-0.05, 0) is 38.3 Å². The van der Waals surface area contributed by atoms with Crippen LogP contribution >= 0.6 is 0 Å². The first-order chi connectivity index (χ1) is 12.9. The van der Waals surface area contributed by atoms with Gasteiger partial charge in [-0.1, -0.05) is 60.7 Å². The Labute approximate surface area is 162 Å². The van der Waals surface area contributed by atoms with Gasteiger partial charge in [0, 0.05) is 31.1 Å². The van der Waals surface area contributed by atoms with E-state index in [9.17, 15) is 4.79 Å². The Morgan fingerprint density at radius 2 is 1.67 bits per heavy atom. The Kier molecular flexibility index (Phi) is 6.17. The highest BCUT2D eigenvalue weighted by Gasteiger charge is 2.36. The molecule has 2 unspecified atom stereocenters. The smallest absolute Gasteiger partial charge is 0.407 e. The van der Waals surface area contributed by atoms with Crippen molar-refractivity contribution < 1.29 is 9.53 Å². The standard InChI is InChI=1S/C23H30N2O2/c1-23(2,3)24-22(26)27-21-17-25(15-14-18-10-6-4-7-11-18)16-20(21)19-12-8-5-9-13-19/h4-13,20-21H,14-17H2,1-3H3,(H,24,26). The van der Waals surface area contributed by atoms with Gasteiger partial charge in [0.1, 0.15) is 6.10 Å². The van der Waals surface area contributed by atoms with Gasteiger partial charge in [0.05, 0.1) is 0 Å². The van der Waals surface area contributed by atoms with Crippen LogP contribution in [0.25, 0.3) is 0 Å². The molecule has 0 saturated carbocycles. The molecule has 1 amide bonds. The van der Waals surface area contributed by atoms with Gasteiger partial charge >= 0.3 is 6.09 Å². The van der Waals surface area contributed by atoms with Gasteiger partial charge in [0.25, 0.3) is 0 Å². The van der Waals surface area contributed by atoms with Crippen molar-refractivity contribution in [3.63, 3.8) is 0 Å². The van der Waals surface area contributed by atoms with E-state index in [1.165, 1.54) is 11.1 Å². The van der Waals surface area contributed by atoms with Crippen LogP contribution in [-0.4, -0.2) is 42.3 Å². The Morgan fingerprint density at radius 3 is 2.30 bits per heavy atom. The number of hydrogen-bond donors (Lipinski definition) is 1. The maximum absolute atomic E-state index is 12.3. The second-order valence-electron chi connectivity index (χ2n) is 8.33. The van der Waals surface area contributed by atoms with Gasteiger partial charge in [-0.3, -0.25) is 4.90 Å². The van der Waals surface area contributed by atoms with Crippen LogP contribution in [0.3, 0.4) is 0 Å². The zero-order chi connectivity index (χ0) is 19.3. The number of nitrogens with one attached hydrogen (secondary N) is 1. The lowest BCUT2D eigenvalue weighted by molar-refractivity contribution is 0.0876. The van der Waals surface area contributed by atoms with Crippen LogP contribution in [0.5, 0.6) is 0 Å². The predicted molar refractivity (Wildman–Crippen MR) is 109 cm³/mol. The van der Waals surface area contributed by atoms with E-state index in [0.717, 1.165) is 26.1 Å². The van der Waals surface area contributed by atoms with Gasteiger partial charge in [-0.25, -0.2) is 4.79 Å². The van der Waals surface area contributed by atoms with E-state index in [-0.39, 0.29) is 23.7 Å². The minimum atomic E-state index is -0.335. The Morgan fingerprint density at radius 1 is 1.04 bits per heavy atom. The average Bonchev–Trinajstić information content (AvgIpc) is 3.02. The first kappa shape index (κ1) is 19.4. The molecule has 144 valence electrons. The first-order valence-electron chi connectivity index (χ1n) is 9.71. The highest BCUT2D eigenvalue weighted by atomic mass is 16.6. The minimum Gasteiger partial charge on any atom is -0.444 e. The quantitative estimate of drug-likeness (QED) is 0.861. The number of ether oxygens (including phenoxy) is 1. The fourth-order valence-corrected chi connectivity index (χ4v) is 3.58. The number of carbonyl (C=O) groups excluding carboxylic acids is 1. The summed E-state index contributed by atoms with van der Waals surface area (Å²) in [5, 5.41) is 2.91. The summed E-state index contributed by atoms with van der Waals surface area (Å²) in [6, 6.07) is 20.9. The lowest BCUT2D eigenvalue weighted by Crippen LogP contribution is -2.43. The molecule has 0 aliphatic carbocycles. The van der Waals surface area contributed by atoms with Crippen molar-refractivity contribution in [3.05, 3.63) is 71.8 Å². The van der Waals surface area contributed by atoms with Crippen LogP contribution in [-0.2, 0) is 11.2 Å². The summed E-state index contributed by atoms with van der Waals surface area (Å²) in [6.07, 6.45) is 0.535. The molecule has 4 heteroatoms. The third-order valence-corrected chi connectivity index (χ3v) is 4.86. The van der Waals surface area contributed by atoms with Gasteiger partial charge in [0.15, 0.2) is 0 Å². The highest BCUT2D eigenvalue weighted by molar-refractivity contribution is 5.68. The summed E-state index contributed by atoms with van der Waals surface area (Å²) >= 11 is 0. The SMILES string of the molecule is CC(C)(C)NC(=O)OC1CN(CCc2ccccc2)CC1c1ccccc1. The molecule has 1 saturated heterocycles. The van der Waals surface area contributed by atoms with Crippen LogP contribution in [0, 0.1) is 0 Å². The summed E-state index contributed by atoms with van der Waals surface area (Å²) in [5.74, 6) is 0.202. The van der Waals surface area contributed by atoms with Crippen molar-refractivity contribution >= 4 is 6.09 Å². The number of nitrogens with zero attached hydrogens (tertiary/aromatic N) is 1. The Balaban J connectivity index is 1.66. The molecule has 0 radical (unpaired) electrons. The Hall–Kier alpha value is -2.33. The van der Waals surface area contributed by atoms with Crippen molar-refractivity contribution in [2.24, 2.45) is 0 Å². The number of carbonyl (C=O) groups is 1. The van der Waals surface area contributed by atoms with Crippen LogP contribution in [0.15, 0.2) is 60.7 Å². The third-order valence-electron chi connectivity index (χ3n) is 4.86. The van der Waals surface area contributed by atoms with Gasteiger partial charge in [-0.2, -0.15) is 0 Å². The number of likely N-dealkylation sites (tertiary alicyclic amines) is 1. The topological polar surface area (TPSA) is 41.6 Å². The molecule has 1 N–H and O–H groups in total. The van der Waals surface area contributed by atoms with E-state index in [1.54, 1.807) is 0 Å². The molecule has 1 fully saturated rings. The van der Waals surface area contributed by atoms with E-state index in [2.05, 4.69) is 46.6 Å². The average molecular weight is 367 g/mol. The molecule has 0 aromatic heterocycles. The van der Waals surface area contributed by atoms with Gasteiger partial charge in [-0.15, -0.1) is 0 Å². The van der Waals surface area contributed by atoms with E-state index < -0.39 is 0 Å². The summed E-state index contributed by atoms with van der Waals surface area (Å²) in [5.41, 5.74) is 2.27. The second kappa shape index (κ2) is 8.57. The number of rotatable bonds is 5. The number of hydrogen-bond acceptors (Lipinski definition) is 3. The zero-order valence-electron chi connectivity index (χ0n) is 16.5. The van der Waals surface area contributed by atoms with Crippen LogP contribution in [0.4, 0.5) is 4.79 Å². The van der Waals surface area contributed by atoms with Gasteiger partial charge < -0.3 is 10.1 Å². The molecule has 3 rings (SSSR count). The van der Waals surface area contributed by atoms with Crippen LogP contribution in [0.1, 0.15) is 37.8 Å². The summed E-state index contributed by atoms with van der Waals surface area (Å²) < 4.78 is 5.84. The maximum atomic E-state index is 12.3. The molecule has 2 atom stereocenters. The summed E-state index contributed by atoms with van der Waals surface area (Å²) in [6.45, 7) is 8.53. The van der Waals surface area contributed by atoms with Crippen molar-refractivity contribution in [1.29, 1.82) is 0 Å². The van der Waals surface area contributed by atoms with E-state index in [0.29, 0.717) is 0 Å². The molecule has 1 aliphatic heterocycles. The maximum Gasteiger partial charge on any atom is 0.407 e. The van der Waals surface area contributed by atoms with Crippen molar-refractivity contribution in [2.45, 2.75) is 44.8 Å². The van der Waals surface area contributed by atoms with Crippen molar-refractivity contribution in [1.82, 2.24) is 10.2 Å². The molecule has 1 aliphatic rings. The number of benzene rings is 2. The molecule has 27 heavy (non-hydrogen) atoms. The lowest BCUT2D eigenvalue weighted by atomic mass is 9.96. The normalized spacial score (nSPS) is 20.4.